The number of hydrogen-bond donors (Lipinski definition) is 1. The lowest BCUT2D eigenvalue weighted by Crippen LogP contribution is -2.26. The highest BCUT2D eigenvalue weighted by Crippen LogP contribution is 2.30. The molecule has 0 saturated carbocycles. The topological polar surface area (TPSA) is 27.1 Å². The fraction of sp³-hybridized carbons (Fsp3) is 0.417. The van der Waals surface area contributed by atoms with Gasteiger partial charge in [0.1, 0.15) is 0 Å². The van der Waals surface area contributed by atoms with Crippen LogP contribution in [0.15, 0.2) is 35.2 Å². The second kappa shape index (κ2) is 6.71. The highest BCUT2D eigenvalue weighted by molar-refractivity contribution is 9.11. The molecule has 0 radical (unpaired) electrons. The van der Waals surface area contributed by atoms with E-state index >= 15 is 0 Å². The summed E-state index contributed by atoms with van der Waals surface area (Å²) in [5.41, 5.74) is 0. The number of amidine groups is 1. The average molecular weight is 331 g/mol. The average Bonchev–Trinajstić information content (AvgIpc) is 2.74. The van der Waals surface area contributed by atoms with Gasteiger partial charge >= 0.3 is 0 Å². The number of nitrogens with zero attached hydrogens (tertiary/aromatic N) is 1. The third kappa shape index (κ3) is 4.23. The van der Waals surface area contributed by atoms with Gasteiger partial charge < -0.3 is 4.90 Å². The summed E-state index contributed by atoms with van der Waals surface area (Å²) < 4.78 is 0.420. The lowest BCUT2D eigenvalue weighted by molar-refractivity contribution is 0.457. The Morgan fingerprint density at radius 1 is 1.41 bits per heavy atom. The quantitative estimate of drug-likeness (QED) is 0.655. The Bertz CT molecular complexity index is 372. The Morgan fingerprint density at radius 3 is 2.82 bits per heavy atom. The zero-order chi connectivity index (χ0) is 12.1. The van der Waals surface area contributed by atoms with Crippen LogP contribution in [0.4, 0.5) is 0 Å². The second-order valence-electron chi connectivity index (χ2n) is 3.77. The molecule has 0 spiro atoms. The lowest BCUT2D eigenvalue weighted by atomic mass is 10.4. The largest absolute Gasteiger partial charge is 0.351 e. The van der Waals surface area contributed by atoms with Gasteiger partial charge in [-0.2, -0.15) is 0 Å². The van der Waals surface area contributed by atoms with Gasteiger partial charge in [-0.15, -0.1) is 11.8 Å². The third-order valence-electron chi connectivity index (χ3n) is 2.52. The van der Waals surface area contributed by atoms with Crippen molar-refractivity contribution in [2.45, 2.75) is 15.5 Å². The molecule has 1 aromatic carbocycles. The summed E-state index contributed by atoms with van der Waals surface area (Å²) in [4.78, 5) is 3.45. The molecule has 0 aromatic heterocycles. The van der Waals surface area contributed by atoms with Crippen LogP contribution in [0.5, 0.6) is 0 Å². The maximum atomic E-state index is 7.74. The van der Waals surface area contributed by atoms with Crippen LogP contribution < -0.4 is 0 Å². The number of halogens is 1. The summed E-state index contributed by atoms with van der Waals surface area (Å²) in [5.74, 6) is 1.07. The van der Waals surface area contributed by atoms with Crippen molar-refractivity contribution in [3.05, 3.63) is 30.3 Å². The monoisotopic (exact) mass is 330 g/mol. The van der Waals surface area contributed by atoms with Gasteiger partial charge in [0.05, 0.1) is 4.16 Å². The lowest BCUT2D eigenvalue weighted by Gasteiger charge is -2.18. The molecule has 0 amide bonds. The molecule has 1 fully saturated rings. The van der Waals surface area contributed by atoms with E-state index in [1.165, 1.54) is 4.90 Å². The van der Waals surface area contributed by atoms with Gasteiger partial charge in [0.2, 0.25) is 0 Å². The fourth-order valence-corrected chi connectivity index (χ4v) is 4.18. The highest BCUT2D eigenvalue weighted by atomic mass is 79.9. The van der Waals surface area contributed by atoms with Crippen LogP contribution in [0.3, 0.4) is 0 Å². The molecule has 1 aromatic rings. The van der Waals surface area contributed by atoms with Crippen LogP contribution in [-0.4, -0.2) is 33.1 Å². The highest BCUT2D eigenvalue weighted by Gasteiger charge is 2.18. The first-order chi connectivity index (χ1) is 8.25. The number of benzene rings is 1. The van der Waals surface area contributed by atoms with Crippen molar-refractivity contribution in [2.75, 3.05) is 18.8 Å². The Labute approximate surface area is 119 Å². The molecule has 0 bridgehead atoms. The van der Waals surface area contributed by atoms with Gasteiger partial charge in [-0.1, -0.05) is 45.9 Å². The Morgan fingerprint density at radius 2 is 2.18 bits per heavy atom. The van der Waals surface area contributed by atoms with E-state index in [9.17, 15) is 0 Å². The van der Waals surface area contributed by atoms with Crippen molar-refractivity contribution >= 4 is 44.6 Å². The first-order valence-corrected chi connectivity index (χ1v) is 8.36. The molecule has 0 aliphatic carbocycles. The molecule has 1 saturated heterocycles. The zero-order valence-corrected chi connectivity index (χ0v) is 12.7. The predicted molar refractivity (Wildman–Crippen MR) is 81.4 cm³/mol. The summed E-state index contributed by atoms with van der Waals surface area (Å²) in [5, 5.41) is 8.47. The van der Waals surface area contributed by atoms with Gasteiger partial charge in [-0.25, -0.2) is 0 Å². The maximum absolute atomic E-state index is 7.74. The van der Waals surface area contributed by atoms with Crippen molar-refractivity contribution in [3.8, 4) is 0 Å². The molecular formula is C12H15BrN2S2. The third-order valence-corrected chi connectivity index (χ3v) is 5.49. The number of hydrogen-bond acceptors (Lipinski definition) is 3. The smallest absolute Gasteiger partial charge is 0.156 e. The summed E-state index contributed by atoms with van der Waals surface area (Å²) in [7, 11) is 0. The molecule has 1 heterocycles. The fourth-order valence-electron chi connectivity index (χ4n) is 1.62. The van der Waals surface area contributed by atoms with E-state index in [0.717, 1.165) is 30.4 Å². The Kier molecular flexibility index (Phi) is 5.25. The van der Waals surface area contributed by atoms with Crippen molar-refractivity contribution in [1.82, 2.24) is 4.90 Å². The molecule has 2 nitrogen and oxygen atoms in total. The number of rotatable bonds is 5. The SMILES string of the molecule is N=C1SCCN1CCC(Br)Sc1ccccc1. The molecular weight excluding hydrogens is 316 g/mol. The van der Waals surface area contributed by atoms with Gasteiger partial charge in [-0.05, 0) is 18.6 Å². The van der Waals surface area contributed by atoms with Gasteiger partial charge in [0.25, 0.3) is 0 Å². The molecule has 1 atom stereocenters. The van der Waals surface area contributed by atoms with Crippen molar-refractivity contribution in [3.63, 3.8) is 0 Å². The second-order valence-corrected chi connectivity index (χ2v) is 7.84. The van der Waals surface area contributed by atoms with Crippen LogP contribution in [0.2, 0.25) is 0 Å². The predicted octanol–water partition coefficient (Wildman–Crippen LogP) is 3.87. The van der Waals surface area contributed by atoms with E-state index in [4.69, 9.17) is 5.41 Å². The molecule has 2 rings (SSSR count). The van der Waals surface area contributed by atoms with E-state index in [-0.39, 0.29) is 0 Å². The molecule has 5 heteroatoms. The van der Waals surface area contributed by atoms with Gasteiger partial charge in [-0.3, -0.25) is 5.41 Å². The minimum atomic E-state index is 0.420. The van der Waals surface area contributed by atoms with E-state index in [1.807, 2.05) is 17.8 Å². The van der Waals surface area contributed by atoms with E-state index < -0.39 is 0 Å². The van der Waals surface area contributed by atoms with Gasteiger partial charge in [0.15, 0.2) is 5.17 Å². The zero-order valence-electron chi connectivity index (χ0n) is 9.43. The van der Waals surface area contributed by atoms with E-state index in [0.29, 0.717) is 4.16 Å². The Hall–Kier alpha value is -0.130. The van der Waals surface area contributed by atoms with E-state index in [2.05, 4.69) is 45.1 Å². The van der Waals surface area contributed by atoms with Gasteiger partial charge in [0, 0.05) is 23.7 Å². The normalized spacial score (nSPS) is 17.5. The summed E-state index contributed by atoms with van der Waals surface area (Å²) in [6.07, 6.45) is 1.06. The summed E-state index contributed by atoms with van der Waals surface area (Å²) in [6.45, 7) is 2.00. The minimum absolute atomic E-state index is 0.420. The molecule has 92 valence electrons. The molecule has 1 aliphatic heterocycles. The Balaban J connectivity index is 1.74. The first kappa shape index (κ1) is 13.3. The molecule has 1 unspecified atom stereocenters. The molecule has 17 heavy (non-hydrogen) atoms. The van der Waals surface area contributed by atoms with Crippen molar-refractivity contribution < 1.29 is 0 Å². The van der Waals surface area contributed by atoms with Crippen molar-refractivity contribution in [2.24, 2.45) is 0 Å². The van der Waals surface area contributed by atoms with Crippen LogP contribution in [0.1, 0.15) is 6.42 Å². The summed E-state index contributed by atoms with van der Waals surface area (Å²) in [6, 6.07) is 10.4. The van der Waals surface area contributed by atoms with E-state index in [1.54, 1.807) is 11.8 Å². The maximum Gasteiger partial charge on any atom is 0.156 e. The molecule has 1 N–H and O–H groups in total. The number of nitrogens with one attached hydrogen (secondary N) is 1. The molecule has 1 aliphatic rings. The van der Waals surface area contributed by atoms with Crippen LogP contribution >= 0.6 is 39.5 Å². The van der Waals surface area contributed by atoms with Crippen molar-refractivity contribution in [1.29, 1.82) is 5.41 Å². The summed E-state index contributed by atoms with van der Waals surface area (Å²) >= 11 is 7.19. The minimum Gasteiger partial charge on any atom is -0.351 e. The van der Waals surface area contributed by atoms with Crippen LogP contribution in [0.25, 0.3) is 0 Å². The number of thioether (sulfide) groups is 2. The van der Waals surface area contributed by atoms with Crippen LogP contribution in [-0.2, 0) is 0 Å². The number of alkyl halides is 1. The van der Waals surface area contributed by atoms with Crippen LogP contribution in [0, 0.1) is 5.41 Å². The first-order valence-electron chi connectivity index (χ1n) is 5.58. The standard InChI is InChI=1S/C12H15BrN2S2/c13-11(17-10-4-2-1-3-5-10)6-7-15-8-9-16-12(15)14/h1-5,11,14H,6-9H2.